The van der Waals surface area contributed by atoms with Gasteiger partial charge in [-0.3, -0.25) is 0 Å². The third-order valence-electron chi connectivity index (χ3n) is 3.01. The molecule has 0 saturated carbocycles. The van der Waals surface area contributed by atoms with Gasteiger partial charge in [0.2, 0.25) is 0 Å². The van der Waals surface area contributed by atoms with Gasteiger partial charge >= 0.3 is 6.18 Å². The SMILES string of the molecule is NC(Cc1cccc(Br)c1)c1ccccc1C(F)(F)F. The third-order valence-corrected chi connectivity index (χ3v) is 3.50. The van der Waals surface area contributed by atoms with Gasteiger partial charge in [-0.05, 0) is 35.7 Å². The van der Waals surface area contributed by atoms with Gasteiger partial charge in [-0.25, -0.2) is 0 Å². The molecule has 20 heavy (non-hydrogen) atoms. The van der Waals surface area contributed by atoms with Crippen LogP contribution in [0.1, 0.15) is 22.7 Å². The molecule has 0 aromatic heterocycles. The van der Waals surface area contributed by atoms with E-state index in [2.05, 4.69) is 15.9 Å². The molecule has 0 amide bonds. The van der Waals surface area contributed by atoms with Gasteiger partial charge in [0.05, 0.1) is 5.56 Å². The second-order valence-corrected chi connectivity index (χ2v) is 5.44. The van der Waals surface area contributed by atoms with E-state index in [0.717, 1.165) is 16.1 Å². The molecule has 1 unspecified atom stereocenters. The van der Waals surface area contributed by atoms with Crippen LogP contribution < -0.4 is 5.73 Å². The normalized spacial score (nSPS) is 13.2. The fraction of sp³-hybridized carbons (Fsp3) is 0.200. The molecule has 2 aromatic carbocycles. The Labute approximate surface area is 123 Å². The van der Waals surface area contributed by atoms with Crippen LogP contribution in [0.5, 0.6) is 0 Å². The molecular weight excluding hydrogens is 331 g/mol. The second-order valence-electron chi connectivity index (χ2n) is 4.53. The summed E-state index contributed by atoms with van der Waals surface area (Å²) >= 11 is 3.33. The van der Waals surface area contributed by atoms with Crippen LogP contribution in [0.25, 0.3) is 0 Å². The summed E-state index contributed by atoms with van der Waals surface area (Å²) in [6.07, 6.45) is -4.03. The van der Waals surface area contributed by atoms with Crippen LogP contribution in [0.2, 0.25) is 0 Å². The van der Waals surface area contributed by atoms with Crippen molar-refractivity contribution in [1.29, 1.82) is 0 Å². The van der Waals surface area contributed by atoms with Crippen molar-refractivity contribution < 1.29 is 13.2 Å². The maximum atomic E-state index is 12.9. The highest BCUT2D eigenvalue weighted by Gasteiger charge is 2.34. The molecule has 0 heterocycles. The first-order valence-electron chi connectivity index (χ1n) is 6.04. The molecule has 1 atom stereocenters. The van der Waals surface area contributed by atoms with Crippen molar-refractivity contribution in [3.05, 3.63) is 69.7 Å². The molecular formula is C15H13BrF3N. The van der Waals surface area contributed by atoms with Crippen LogP contribution in [0.3, 0.4) is 0 Å². The highest BCUT2D eigenvalue weighted by Crippen LogP contribution is 2.34. The molecule has 0 aliphatic heterocycles. The van der Waals surface area contributed by atoms with E-state index in [1.807, 2.05) is 24.3 Å². The minimum absolute atomic E-state index is 0.125. The van der Waals surface area contributed by atoms with Crippen LogP contribution in [0, 0.1) is 0 Å². The van der Waals surface area contributed by atoms with Gasteiger partial charge in [0.15, 0.2) is 0 Å². The molecule has 0 spiro atoms. The fourth-order valence-electron chi connectivity index (χ4n) is 2.11. The van der Waals surface area contributed by atoms with E-state index >= 15 is 0 Å². The average molecular weight is 344 g/mol. The standard InChI is InChI=1S/C15H13BrF3N/c16-11-5-3-4-10(8-11)9-14(20)12-6-1-2-7-13(12)15(17,18)19/h1-8,14H,9,20H2. The summed E-state index contributed by atoms with van der Waals surface area (Å²) in [6, 6.07) is 12.2. The summed E-state index contributed by atoms with van der Waals surface area (Å²) in [7, 11) is 0. The van der Waals surface area contributed by atoms with Crippen molar-refractivity contribution in [2.24, 2.45) is 5.73 Å². The van der Waals surface area contributed by atoms with E-state index in [9.17, 15) is 13.2 Å². The van der Waals surface area contributed by atoms with Crippen molar-refractivity contribution in [3.63, 3.8) is 0 Å². The third kappa shape index (κ3) is 3.61. The first kappa shape index (κ1) is 15.1. The lowest BCUT2D eigenvalue weighted by Gasteiger charge is -2.18. The summed E-state index contributed by atoms with van der Waals surface area (Å²) in [6.45, 7) is 0. The highest BCUT2D eigenvalue weighted by atomic mass is 79.9. The lowest BCUT2D eigenvalue weighted by Crippen LogP contribution is -2.19. The number of hydrogen-bond acceptors (Lipinski definition) is 1. The lowest BCUT2D eigenvalue weighted by atomic mass is 9.95. The average Bonchev–Trinajstić information content (AvgIpc) is 2.37. The Hall–Kier alpha value is -1.33. The van der Waals surface area contributed by atoms with Gasteiger partial charge < -0.3 is 5.73 Å². The molecule has 2 N–H and O–H groups in total. The molecule has 0 saturated heterocycles. The number of nitrogens with two attached hydrogens (primary N) is 1. The Balaban J connectivity index is 2.28. The van der Waals surface area contributed by atoms with Gasteiger partial charge in [-0.2, -0.15) is 13.2 Å². The van der Waals surface area contributed by atoms with Crippen LogP contribution >= 0.6 is 15.9 Å². The Kier molecular flexibility index (Phi) is 4.50. The van der Waals surface area contributed by atoms with E-state index in [1.165, 1.54) is 12.1 Å². The minimum atomic E-state index is -4.38. The monoisotopic (exact) mass is 343 g/mol. The lowest BCUT2D eigenvalue weighted by molar-refractivity contribution is -0.138. The second kappa shape index (κ2) is 5.97. The minimum Gasteiger partial charge on any atom is -0.324 e. The number of hydrogen-bond donors (Lipinski definition) is 1. The van der Waals surface area contributed by atoms with E-state index in [0.29, 0.717) is 6.42 Å². The van der Waals surface area contributed by atoms with Gasteiger partial charge in [-0.1, -0.05) is 46.3 Å². The molecule has 0 aliphatic carbocycles. The summed E-state index contributed by atoms with van der Waals surface area (Å²) in [5.41, 5.74) is 6.31. The maximum Gasteiger partial charge on any atom is 0.416 e. The zero-order valence-corrected chi connectivity index (χ0v) is 12.1. The number of halogens is 4. The van der Waals surface area contributed by atoms with Crippen molar-refractivity contribution in [3.8, 4) is 0 Å². The first-order valence-corrected chi connectivity index (χ1v) is 6.83. The van der Waals surface area contributed by atoms with E-state index in [4.69, 9.17) is 5.73 Å². The zero-order valence-electron chi connectivity index (χ0n) is 10.5. The summed E-state index contributed by atoms with van der Waals surface area (Å²) in [4.78, 5) is 0. The number of alkyl halides is 3. The topological polar surface area (TPSA) is 26.0 Å². The Morgan fingerprint density at radius 3 is 2.40 bits per heavy atom. The Bertz CT molecular complexity index is 596. The Morgan fingerprint density at radius 1 is 1.05 bits per heavy atom. The molecule has 5 heteroatoms. The van der Waals surface area contributed by atoms with E-state index in [1.54, 1.807) is 6.07 Å². The van der Waals surface area contributed by atoms with Crippen LogP contribution in [-0.2, 0) is 12.6 Å². The maximum absolute atomic E-state index is 12.9. The van der Waals surface area contributed by atoms with Gasteiger partial charge in [-0.15, -0.1) is 0 Å². The van der Waals surface area contributed by atoms with Crippen molar-refractivity contribution >= 4 is 15.9 Å². The smallest absolute Gasteiger partial charge is 0.324 e. The molecule has 0 radical (unpaired) electrons. The highest BCUT2D eigenvalue weighted by molar-refractivity contribution is 9.10. The van der Waals surface area contributed by atoms with Crippen molar-refractivity contribution in [2.75, 3.05) is 0 Å². The first-order chi connectivity index (χ1) is 9.38. The zero-order chi connectivity index (χ0) is 14.8. The number of benzene rings is 2. The molecule has 0 fully saturated rings. The quantitative estimate of drug-likeness (QED) is 0.857. The molecule has 0 bridgehead atoms. The summed E-state index contributed by atoms with van der Waals surface area (Å²) in [5, 5.41) is 0. The van der Waals surface area contributed by atoms with Crippen molar-refractivity contribution in [1.82, 2.24) is 0 Å². The molecule has 0 aliphatic rings. The summed E-state index contributed by atoms with van der Waals surface area (Å²) in [5.74, 6) is 0. The molecule has 2 rings (SSSR count). The van der Waals surface area contributed by atoms with Gasteiger partial charge in [0.25, 0.3) is 0 Å². The van der Waals surface area contributed by atoms with E-state index in [-0.39, 0.29) is 5.56 Å². The van der Waals surface area contributed by atoms with Gasteiger partial charge in [0, 0.05) is 10.5 Å². The van der Waals surface area contributed by atoms with Crippen molar-refractivity contribution in [2.45, 2.75) is 18.6 Å². The van der Waals surface area contributed by atoms with Gasteiger partial charge in [0.1, 0.15) is 0 Å². The summed E-state index contributed by atoms with van der Waals surface area (Å²) < 4.78 is 39.7. The molecule has 106 valence electrons. The molecule has 1 nitrogen and oxygen atoms in total. The fourth-order valence-corrected chi connectivity index (χ4v) is 2.55. The number of rotatable bonds is 3. The Morgan fingerprint density at radius 2 is 1.75 bits per heavy atom. The van der Waals surface area contributed by atoms with Crippen LogP contribution in [0.15, 0.2) is 53.0 Å². The van der Waals surface area contributed by atoms with Crippen LogP contribution in [0.4, 0.5) is 13.2 Å². The van der Waals surface area contributed by atoms with E-state index < -0.39 is 17.8 Å². The predicted octanol–water partition coefficient (Wildman–Crippen LogP) is 4.71. The largest absolute Gasteiger partial charge is 0.416 e. The molecule has 2 aromatic rings. The predicted molar refractivity (Wildman–Crippen MR) is 76.2 cm³/mol. The van der Waals surface area contributed by atoms with Crippen LogP contribution in [-0.4, -0.2) is 0 Å².